The summed E-state index contributed by atoms with van der Waals surface area (Å²) in [6.45, 7) is 4.00. The summed E-state index contributed by atoms with van der Waals surface area (Å²) in [7, 11) is 0. The monoisotopic (exact) mass is 353 g/mol. The van der Waals surface area contributed by atoms with Gasteiger partial charge in [0.1, 0.15) is 0 Å². The number of rotatable bonds is 3. The molecular formula is C23H19N3O. The largest absolute Gasteiger partial charge is 0.322 e. The number of nitrogens with one attached hydrogen (secondary N) is 1. The maximum absolute atomic E-state index is 13.1. The van der Waals surface area contributed by atoms with Gasteiger partial charge >= 0.3 is 0 Å². The lowest BCUT2D eigenvalue weighted by Crippen LogP contribution is -2.14. The Balaban J connectivity index is 1.82. The Bertz CT molecular complexity index is 1140. The summed E-state index contributed by atoms with van der Waals surface area (Å²) >= 11 is 0. The molecule has 0 radical (unpaired) electrons. The molecule has 4 rings (SSSR count). The zero-order valence-electron chi connectivity index (χ0n) is 15.2. The molecule has 132 valence electrons. The number of aryl methyl sites for hydroxylation is 2. The molecule has 2 heterocycles. The molecule has 1 N–H and O–H groups in total. The van der Waals surface area contributed by atoms with Gasteiger partial charge in [-0.05, 0) is 55.3 Å². The van der Waals surface area contributed by atoms with Crippen molar-refractivity contribution >= 4 is 22.5 Å². The lowest BCUT2D eigenvalue weighted by atomic mass is 10.0. The van der Waals surface area contributed by atoms with Gasteiger partial charge in [-0.1, -0.05) is 36.4 Å². The van der Waals surface area contributed by atoms with Crippen LogP contribution in [0.25, 0.3) is 22.3 Å². The molecule has 1 amide bonds. The number of anilines is 1. The lowest BCUT2D eigenvalue weighted by Gasteiger charge is -2.12. The number of nitrogens with zero attached hydrogens (tertiary/aromatic N) is 2. The summed E-state index contributed by atoms with van der Waals surface area (Å²) in [6, 6.07) is 21.2. The average molecular weight is 353 g/mol. The molecule has 4 heteroatoms. The van der Waals surface area contributed by atoms with Crippen LogP contribution in [0.15, 0.2) is 72.9 Å². The van der Waals surface area contributed by atoms with E-state index in [0.29, 0.717) is 11.3 Å². The van der Waals surface area contributed by atoms with Crippen molar-refractivity contribution in [3.63, 3.8) is 0 Å². The van der Waals surface area contributed by atoms with Crippen LogP contribution in [0.3, 0.4) is 0 Å². The third-order valence-corrected chi connectivity index (χ3v) is 4.53. The highest BCUT2D eigenvalue weighted by molar-refractivity contribution is 6.13. The van der Waals surface area contributed by atoms with Crippen molar-refractivity contribution in [3.8, 4) is 11.4 Å². The van der Waals surface area contributed by atoms with E-state index in [1.54, 1.807) is 6.20 Å². The van der Waals surface area contributed by atoms with E-state index in [9.17, 15) is 4.79 Å². The molecule has 4 aromatic rings. The van der Waals surface area contributed by atoms with Crippen LogP contribution in [0, 0.1) is 13.8 Å². The van der Waals surface area contributed by atoms with E-state index in [-0.39, 0.29) is 5.91 Å². The molecule has 0 fully saturated rings. The van der Waals surface area contributed by atoms with E-state index < -0.39 is 0 Å². The Morgan fingerprint density at radius 1 is 0.889 bits per heavy atom. The van der Waals surface area contributed by atoms with Crippen molar-refractivity contribution in [1.29, 1.82) is 0 Å². The number of pyridine rings is 2. The third kappa shape index (κ3) is 3.42. The maximum atomic E-state index is 13.1. The first kappa shape index (κ1) is 16.9. The summed E-state index contributed by atoms with van der Waals surface area (Å²) in [5.41, 5.74) is 5.72. The Kier molecular flexibility index (Phi) is 4.38. The van der Waals surface area contributed by atoms with E-state index in [0.717, 1.165) is 33.4 Å². The quantitative estimate of drug-likeness (QED) is 0.553. The normalized spacial score (nSPS) is 10.7. The summed E-state index contributed by atoms with van der Waals surface area (Å²) in [4.78, 5) is 22.2. The average Bonchev–Trinajstić information content (AvgIpc) is 2.70. The molecule has 27 heavy (non-hydrogen) atoms. The molecule has 2 aromatic heterocycles. The third-order valence-electron chi connectivity index (χ3n) is 4.53. The fraction of sp³-hybridized carbons (Fsp3) is 0.0870. The van der Waals surface area contributed by atoms with Gasteiger partial charge in [0.25, 0.3) is 5.91 Å². The molecule has 0 aliphatic rings. The van der Waals surface area contributed by atoms with Crippen molar-refractivity contribution in [2.24, 2.45) is 0 Å². The van der Waals surface area contributed by atoms with E-state index in [1.165, 1.54) is 0 Å². The van der Waals surface area contributed by atoms with Gasteiger partial charge in [-0.15, -0.1) is 0 Å². The van der Waals surface area contributed by atoms with Crippen LogP contribution in [0.1, 0.15) is 21.5 Å². The minimum Gasteiger partial charge on any atom is -0.322 e. The maximum Gasteiger partial charge on any atom is 0.256 e. The molecule has 0 spiro atoms. The summed E-state index contributed by atoms with van der Waals surface area (Å²) in [5, 5.41) is 3.87. The van der Waals surface area contributed by atoms with Crippen LogP contribution in [-0.4, -0.2) is 15.9 Å². The highest BCUT2D eigenvalue weighted by Crippen LogP contribution is 2.25. The first-order chi connectivity index (χ1) is 13.1. The zero-order chi connectivity index (χ0) is 18.8. The Morgan fingerprint density at radius 2 is 1.70 bits per heavy atom. The summed E-state index contributed by atoms with van der Waals surface area (Å²) < 4.78 is 0. The lowest BCUT2D eigenvalue weighted by molar-refractivity contribution is 0.102. The molecule has 0 bridgehead atoms. The predicted octanol–water partition coefficient (Wildman–Crippen LogP) is 5.17. The van der Waals surface area contributed by atoms with Crippen LogP contribution in [0.2, 0.25) is 0 Å². The van der Waals surface area contributed by atoms with Crippen LogP contribution < -0.4 is 5.32 Å². The zero-order valence-corrected chi connectivity index (χ0v) is 15.2. The number of amides is 1. The molecule has 0 unspecified atom stereocenters. The van der Waals surface area contributed by atoms with Crippen molar-refractivity contribution in [2.45, 2.75) is 13.8 Å². The summed E-state index contributed by atoms with van der Waals surface area (Å²) in [5.74, 6) is -0.153. The number of fused-ring (bicyclic) bond motifs is 1. The van der Waals surface area contributed by atoms with Crippen LogP contribution in [0.5, 0.6) is 0 Å². The molecule has 0 saturated carbocycles. The Morgan fingerprint density at radius 3 is 2.52 bits per heavy atom. The second-order valence-corrected chi connectivity index (χ2v) is 6.56. The van der Waals surface area contributed by atoms with E-state index in [1.807, 2.05) is 80.6 Å². The number of benzene rings is 2. The Hall–Kier alpha value is -3.53. The minimum absolute atomic E-state index is 0.153. The number of para-hydroxylation sites is 1. The van der Waals surface area contributed by atoms with Gasteiger partial charge in [0.2, 0.25) is 0 Å². The minimum atomic E-state index is -0.153. The van der Waals surface area contributed by atoms with Crippen molar-refractivity contribution < 1.29 is 4.79 Å². The van der Waals surface area contributed by atoms with Gasteiger partial charge in [0.15, 0.2) is 0 Å². The standard InChI is InChI=1S/C23H19N3O/c1-15-10-11-16(2)21(13-15)26-23(27)18-14-22(20-9-5-6-12-24-20)25-19-8-4-3-7-17(18)19/h3-14H,1-2H3,(H,26,27). The fourth-order valence-electron chi connectivity index (χ4n) is 3.07. The number of carbonyl (C=O) groups is 1. The molecule has 0 aliphatic carbocycles. The molecule has 0 aliphatic heterocycles. The van der Waals surface area contributed by atoms with Gasteiger partial charge in [-0.2, -0.15) is 0 Å². The van der Waals surface area contributed by atoms with Crippen LogP contribution in [-0.2, 0) is 0 Å². The van der Waals surface area contributed by atoms with Gasteiger partial charge in [-0.25, -0.2) is 4.98 Å². The molecular weight excluding hydrogens is 334 g/mol. The second kappa shape index (κ2) is 7.00. The van der Waals surface area contributed by atoms with Gasteiger partial charge in [-0.3, -0.25) is 9.78 Å². The van der Waals surface area contributed by atoms with Crippen molar-refractivity contribution in [3.05, 3.63) is 89.6 Å². The van der Waals surface area contributed by atoms with E-state index in [4.69, 9.17) is 0 Å². The molecule has 4 nitrogen and oxygen atoms in total. The second-order valence-electron chi connectivity index (χ2n) is 6.56. The fourth-order valence-corrected chi connectivity index (χ4v) is 3.07. The highest BCUT2D eigenvalue weighted by Gasteiger charge is 2.15. The van der Waals surface area contributed by atoms with E-state index in [2.05, 4.69) is 15.3 Å². The Labute approximate surface area is 157 Å². The molecule has 0 atom stereocenters. The molecule has 0 saturated heterocycles. The first-order valence-corrected chi connectivity index (χ1v) is 8.81. The number of hydrogen-bond acceptors (Lipinski definition) is 3. The van der Waals surface area contributed by atoms with Crippen molar-refractivity contribution in [2.75, 3.05) is 5.32 Å². The van der Waals surface area contributed by atoms with Crippen LogP contribution in [0.4, 0.5) is 5.69 Å². The van der Waals surface area contributed by atoms with Crippen molar-refractivity contribution in [1.82, 2.24) is 9.97 Å². The van der Waals surface area contributed by atoms with E-state index >= 15 is 0 Å². The SMILES string of the molecule is Cc1ccc(C)c(NC(=O)c2cc(-c3ccccn3)nc3ccccc23)c1. The van der Waals surface area contributed by atoms with Gasteiger partial charge in [0, 0.05) is 17.3 Å². The number of hydrogen-bond donors (Lipinski definition) is 1. The molecule has 2 aromatic carbocycles. The summed E-state index contributed by atoms with van der Waals surface area (Å²) in [6.07, 6.45) is 1.72. The number of aromatic nitrogens is 2. The van der Waals surface area contributed by atoms with Crippen LogP contribution >= 0.6 is 0 Å². The topological polar surface area (TPSA) is 54.9 Å². The first-order valence-electron chi connectivity index (χ1n) is 8.81. The highest BCUT2D eigenvalue weighted by atomic mass is 16.1. The smallest absolute Gasteiger partial charge is 0.256 e. The van der Waals surface area contributed by atoms with Gasteiger partial charge in [0.05, 0.1) is 22.5 Å². The van der Waals surface area contributed by atoms with Gasteiger partial charge < -0.3 is 5.32 Å². The number of carbonyl (C=O) groups excluding carboxylic acids is 1. The predicted molar refractivity (Wildman–Crippen MR) is 109 cm³/mol.